The molecule has 1 aliphatic heterocycles. The molecular weight excluding hydrogens is 496 g/mol. The highest BCUT2D eigenvalue weighted by Crippen LogP contribution is 2.29. The number of fused-ring (bicyclic) bond motifs is 4. The first-order valence-electron chi connectivity index (χ1n) is 11.5. The van der Waals surface area contributed by atoms with Crippen LogP contribution in [0.5, 0.6) is 0 Å². The lowest BCUT2D eigenvalue weighted by atomic mass is 10.1. The lowest BCUT2D eigenvalue weighted by Crippen LogP contribution is -2.26. The van der Waals surface area contributed by atoms with Crippen molar-refractivity contribution >= 4 is 35.2 Å². The van der Waals surface area contributed by atoms with Crippen LogP contribution in [-0.2, 0) is 9.59 Å². The van der Waals surface area contributed by atoms with Crippen LogP contribution in [0.25, 0.3) is 23.2 Å². The van der Waals surface area contributed by atoms with Gasteiger partial charge in [-0.15, -0.1) is 15.3 Å². The number of hydrogen-bond donors (Lipinski definition) is 2. The van der Waals surface area contributed by atoms with Crippen LogP contribution in [0.15, 0.2) is 71.4 Å². The Kier molecular flexibility index (Phi) is 7.13. The second-order valence-corrected chi connectivity index (χ2v) is 8.57. The molecule has 1 aliphatic rings. The molecule has 0 saturated heterocycles. The zero-order chi connectivity index (χ0) is 25.6. The zero-order valence-corrected chi connectivity index (χ0v) is 20.2. The largest absolute Gasteiger partial charge is 0.418 e. The van der Waals surface area contributed by atoms with Crippen molar-refractivity contribution in [3.63, 3.8) is 0 Å². The zero-order valence-electron chi connectivity index (χ0n) is 19.4. The van der Waals surface area contributed by atoms with Crippen molar-refractivity contribution in [3.05, 3.63) is 83.5 Å². The first-order chi connectivity index (χ1) is 18.1. The summed E-state index contributed by atoms with van der Waals surface area (Å²) in [5.74, 6) is 0.00308. The van der Waals surface area contributed by atoms with Gasteiger partial charge in [0, 0.05) is 23.1 Å². The molecule has 0 fully saturated rings. The normalized spacial score (nSPS) is 16.7. The highest BCUT2D eigenvalue weighted by atomic mass is 35.5. The van der Waals surface area contributed by atoms with E-state index in [9.17, 15) is 9.59 Å². The molecule has 4 aromatic rings. The molecule has 37 heavy (non-hydrogen) atoms. The average Bonchev–Trinajstić information content (AvgIpc) is 3.60. The number of nitrogens with zero attached hydrogens (tertiary/aromatic N) is 6. The van der Waals surface area contributed by atoms with Crippen LogP contribution in [-0.4, -0.2) is 42.2 Å². The van der Waals surface area contributed by atoms with Gasteiger partial charge in [-0.25, -0.2) is 0 Å². The van der Waals surface area contributed by atoms with Crippen molar-refractivity contribution in [2.75, 3.05) is 5.32 Å². The highest BCUT2D eigenvalue weighted by Gasteiger charge is 2.22. The van der Waals surface area contributed by atoms with Crippen molar-refractivity contribution in [3.8, 4) is 17.1 Å². The van der Waals surface area contributed by atoms with Crippen LogP contribution in [0, 0.1) is 0 Å². The van der Waals surface area contributed by atoms with Gasteiger partial charge in [0.1, 0.15) is 12.4 Å². The number of halogens is 1. The van der Waals surface area contributed by atoms with E-state index in [2.05, 4.69) is 36.4 Å². The summed E-state index contributed by atoms with van der Waals surface area (Å²) in [6, 6.07) is 11.8. The maximum Gasteiger partial charge on any atom is 0.249 e. The first kappa shape index (κ1) is 24.1. The van der Waals surface area contributed by atoms with Gasteiger partial charge in [-0.2, -0.15) is 4.68 Å². The van der Waals surface area contributed by atoms with Crippen LogP contribution in [0.2, 0.25) is 5.02 Å². The van der Waals surface area contributed by atoms with Crippen molar-refractivity contribution in [1.29, 1.82) is 0 Å². The van der Waals surface area contributed by atoms with Gasteiger partial charge in [-0.1, -0.05) is 35.9 Å². The Morgan fingerprint density at radius 1 is 1.19 bits per heavy atom. The predicted molar refractivity (Wildman–Crippen MR) is 135 cm³/mol. The van der Waals surface area contributed by atoms with Crippen LogP contribution in [0.3, 0.4) is 0 Å². The molecule has 2 aromatic carbocycles. The minimum absolute atomic E-state index is 0.117. The monoisotopic (exact) mass is 516 g/mol. The van der Waals surface area contributed by atoms with Gasteiger partial charge in [0.05, 0.1) is 16.9 Å². The van der Waals surface area contributed by atoms with E-state index in [1.807, 2.05) is 24.3 Å². The Hall–Kier alpha value is -4.64. The van der Waals surface area contributed by atoms with Gasteiger partial charge >= 0.3 is 0 Å². The number of anilines is 1. The summed E-state index contributed by atoms with van der Waals surface area (Å²) >= 11 is 6.16. The molecule has 5 rings (SSSR count). The van der Waals surface area contributed by atoms with E-state index in [4.69, 9.17) is 16.0 Å². The lowest BCUT2D eigenvalue weighted by Gasteiger charge is -2.12. The number of aromatic nitrogens is 6. The molecule has 0 radical (unpaired) electrons. The number of rotatable bonds is 4. The summed E-state index contributed by atoms with van der Waals surface area (Å²) in [5.41, 5.74) is 2.49. The number of hydrogen-bond acceptors (Lipinski definition) is 8. The lowest BCUT2D eigenvalue weighted by molar-refractivity contribution is -0.117. The molecular formula is C25H21ClN8O3. The van der Waals surface area contributed by atoms with Crippen LogP contribution >= 0.6 is 11.6 Å². The Bertz CT molecular complexity index is 1480. The summed E-state index contributed by atoms with van der Waals surface area (Å²) in [6.07, 6.45) is 9.51. The molecule has 0 spiro atoms. The molecule has 2 aromatic heterocycles. The Balaban J connectivity index is 1.39. The smallest absolute Gasteiger partial charge is 0.249 e. The number of nitrogens with one attached hydrogen (secondary N) is 2. The summed E-state index contributed by atoms with van der Waals surface area (Å²) in [6.45, 7) is 0. The van der Waals surface area contributed by atoms with Gasteiger partial charge < -0.3 is 15.1 Å². The number of carbonyl (C=O) groups excluding carboxylic acids is 2. The maximum absolute atomic E-state index is 12.9. The van der Waals surface area contributed by atoms with Gasteiger partial charge in [-0.3, -0.25) is 9.59 Å². The molecule has 2 N–H and O–H groups in total. The third kappa shape index (κ3) is 5.78. The fourth-order valence-electron chi connectivity index (χ4n) is 3.79. The average molecular weight is 517 g/mol. The SMILES string of the molecule is O=C(/C=C/c1cc(Cl)ccc1-n1cnnn1)N[C@H]1C/C=C/CCC(=O)Nc2ccccc2-c2nnc1o2. The van der Waals surface area contributed by atoms with Crippen LogP contribution < -0.4 is 10.6 Å². The molecule has 2 bridgehead atoms. The minimum Gasteiger partial charge on any atom is -0.418 e. The van der Waals surface area contributed by atoms with E-state index in [0.29, 0.717) is 46.8 Å². The van der Waals surface area contributed by atoms with E-state index in [1.54, 1.807) is 36.4 Å². The number of carbonyl (C=O) groups is 2. The maximum atomic E-state index is 12.9. The van der Waals surface area contributed by atoms with Gasteiger partial charge in [-0.05, 0) is 59.7 Å². The van der Waals surface area contributed by atoms with E-state index >= 15 is 0 Å². The summed E-state index contributed by atoms with van der Waals surface area (Å²) in [7, 11) is 0. The van der Waals surface area contributed by atoms with Crippen molar-refractivity contribution in [2.24, 2.45) is 0 Å². The molecule has 12 heteroatoms. The number of para-hydroxylation sites is 1. The molecule has 186 valence electrons. The fraction of sp³-hybridized carbons (Fsp3) is 0.160. The molecule has 0 aliphatic carbocycles. The molecule has 2 amide bonds. The Morgan fingerprint density at radius 3 is 2.95 bits per heavy atom. The second kappa shape index (κ2) is 11.0. The van der Waals surface area contributed by atoms with Crippen LogP contribution in [0.4, 0.5) is 5.69 Å². The number of amides is 2. The Labute approximate surface area is 216 Å². The van der Waals surface area contributed by atoms with E-state index < -0.39 is 6.04 Å². The van der Waals surface area contributed by atoms with Gasteiger partial charge in [0.15, 0.2) is 0 Å². The number of tetrazole rings is 1. The topological polar surface area (TPSA) is 141 Å². The van der Waals surface area contributed by atoms with E-state index in [0.717, 1.165) is 0 Å². The van der Waals surface area contributed by atoms with E-state index in [-0.39, 0.29) is 23.6 Å². The Morgan fingerprint density at radius 2 is 2.08 bits per heavy atom. The molecule has 3 heterocycles. The first-order valence-corrected chi connectivity index (χ1v) is 11.8. The molecule has 11 nitrogen and oxygen atoms in total. The van der Waals surface area contributed by atoms with Gasteiger partial charge in [0.2, 0.25) is 23.6 Å². The second-order valence-electron chi connectivity index (χ2n) is 8.14. The summed E-state index contributed by atoms with van der Waals surface area (Å²) in [5, 5.41) is 25.8. The van der Waals surface area contributed by atoms with Gasteiger partial charge in [0.25, 0.3) is 0 Å². The van der Waals surface area contributed by atoms with Crippen molar-refractivity contribution in [1.82, 2.24) is 35.7 Å². The number of allylic oxidation sites excluding steroid dienone is 1. The molecule has 0 unspecified atom stereocenters. The summed E-state index contributed by atoms with van der Waals surface area (Å²) in [4.78, 5) is 25.2. The molecule has 1 atom stereocenters. The third-order valence-electron chi connectivity index (χ3n) is 5.56. The molecule has 0 saturated carbocycles. The fourth-order valence-corrected chi connectivity index (χ4v) is 3.97. The summed E-state index contributed by atoms with van der Waals surface area (Å²) < 4.78 is 7.41. The standard InChI is InChI=1S/C25H21ClN8O3/c26-17-11-12-21(34-15-27-32-33-34)16(14-17)10-13-23(36)29-20-8-2-1-3-9-22(35)28-19-7-5-4-6-18(19)24-30-31-25(20)37-24/h1-2,4-7,10-15,20H,3,8-9H2,(H,28,35)(H,29,36)/b2-1+,13-10+/t20-/m0/s1. The van der Waals surface area contributed by atoms with Crippen molar-refractivity contribution in [2.45, 2.75) is 25.3 Å². The predicted octanol–water partition coefficient (Wildman–Crippen LogP) is 3.92. The van der Waals surface area contributed by atoms with Crippen molar-refractivity contribution < 1.29 is 14.0 Å². The highest BCUT2D eigenvalue weighted by molar-refractivity contribution is 6.30. The number of benzene rings is 2. The minimum atomic E-state index is -0.579. The van der Waals surface area contributed by atoms with Crippen LogP contribution in [0.1, 0.15) is 36.8 Å². The van der Waals surface area contributed by atoms with E-state index in [1.165, 1.54) is 17.1 Å². The third-order valence-corrected chi connectivity index (χ3v) is 5.80. The quantitative estimate of drug-likeness (QED) is 0.307.